The molecular weight excluding hydrogens is 412 g/mol. The fourth-order valence-corrected chi connectivity index (χ4v) is 4.12. The summed E-state index contributed by atoms with van der Waals surface area (Å²) in [5.74, 6) is 3.97. The van der Waals surface area contributed by atoms with E-state index in [-0.39, 0.29) is 6.03 Å². The molecule has 2 aromatic rings. The topological polar surface area (TPSA) is 92.3 Å². The minimum Gasteiger partial charge on any atom is -0.486 e. The number of hydrogen-bond donors (Lipinski definition) is 1. The number of amides is 2. The molecular formula is C22H28N6O4. The van der Waals surface area contributed by atoms with Gasteiger partial charge >= 0.3 is 6.03 Å². The Morgan fingerprint density at radius 1 is 0.844 bits per heavy atom. The van der Waals surface area contributed by atoms with Gasteiger partial charge in [-0.3, -0.25) is 0 Å². The van der Waals surface area contributed by atoms with Gasteiger partial charge < -0.3 is 34.2 Å². The molecule has 3 aliphatic rings. The number of piperazine rings is 1. The van der Waals surface area contributed by atoms with Crippen LogP contribution in [0.1, 0.15) is 5.82 Å². The number of carbonyl (C=O) groups excluding carboxylic acids is 1. The lowest BCUT2D eigenvalue weighted by atomic mass is 10.2. The third kappa shape index (κ3) is 4.50. The number of aromatic nitrogens is 2. The first-order valence-corrected chi connectivity index (χ1v) is 11.0. The zero-order valence-corrected chi connectivity index (χ0v) is 18.2. The van der Waals surface area contributed by atoms with Crippen LogP contribution in [-0.4, -0.2) is 86.6 Å². The Labute approximate surface area is 187 Å². The molecule has 5 rings (SSSR count). The van der Waals surface area contributed by atoms with E-state index in [1.54, 1.807) is 6.07 Å². The average Bonchev–Trinajstić information content (AvgIpc) is 2.84. The number of urea groups is 1. The summed E-state index contributed by atoms with van der Waals surface area (Å²) in [4.78, 5) is 28.3. The molecule has 10 heteroatoms. The van der Waals surface area contributed by atoms with E-state index in [0.29, 0.717) is 56.6 Å². The Bertz CT molecular complexity index is 973. The van der Waals surface area contributed by atoms with E-state index in [4.69, 9.17) is 14.2 Å². The number of fused-ring (bicyclic) bond motifs is 1. The van der Waals surface area contributed by atoms with Crippen LogP contribution < -0.4 is 24.6 Å². The molecule has 0 unspecified atom stereocenters. The van der Waals surface area contributed by atoms with Crippen molar-refractivity contribution in [1.82, 2.24) is 14.9 Å². The maximum atomic E-state index is 12.8. The highest BCUT2D eigenvalue weighted by atomic mass is 16.6. The largest absolute Gasteiger partial charge is 0.486 e. The van der Waals surface area contributed by atoms with Gasteiger partial charge in [-0.1, -0.05) is 0 Å². The lowest BCUT2D eigenvalue weighted by molar-refractivity contribution is 0.122. The molecule has 1 aromatic carbocycles. The molecule has 170 valence electrons. The molecule has 1 N–H and O–H groups in total. The number of morpholine rings is 1. The molecule has 32 heavy (non-hydrogen) atoms. The number of nitrogens with zero attached hydrogens (tertiary/aromatic N) is 5. The fourth-order valence-electron chi connectivity index (χ4n) is 4.12. The van der Waals surface area contributed by atoms with Gasteiger partial charge in [0.1, 0.15) is 30.7 Å². The Hall–Kier alpha value is -3.27. The molecule has 0 radical (unpaired) electrons. The second-order valence-corrected chi connectivity index (χ2v) is 7.99. The highest BCUT2D eigenvalue weighted by Crippen LogP contribution is 2.32. The van der Waals surface area contributed by atoms with Crippen molar-refractivity contribution in [2.45, 2.75) is 6.92 Å². The van der Waals surface area contributed by atoms with Gasteiger partial charge in [-0.15, -0.1) is 0 Å². The normalized spacial score (nSPS) is 18.5. The summed E-state index contributed by atoms with van der Waals surface area (Å²) in [6, 6.07) is 7.39. The number of ether oxygens (including phenoxy) is 3. The van der Waals surface area contributed by atoms with Crippen LogP contribution in [0.15, 0.2) is 24.3 Å². The Morgan fingerprint density at radius 3 is 2.22 bits per heavy atom. The Kier molecular flexibility index (Phi) is 5.85. The fraction of sp³-hybridized carbons (Fsp3) is 0.500. The lowest BCUT2D eigenvalue weighted by Crippen LogP contribution is -2.50. The van der Waals surface area contributed by atoms with Crippen LogP contribution in [-0.2, 0) is 4.74 Å². The molecule has 4 heterocycles. The van der Waals surface area contributed by atoms with Gasteiger partial charge in [0.25, 0.3) is 0 Å². The summed E-state index contributed by atoms with van der Waals surface area (Å²) >= 11 is 0. The Morgan fingerprint density at radius 2 is 1.50 bits per heavy atom. The quantitative estimate of drug-likeness (QED) is 0.772. The van der Waals surface area contributed by atoms with Crippen LogP contribution in [0.3, 0.4) is 0 Å². The van der Waals surface area contributed by atoms with E-state index >= 15 is 0 Å². The maximum absolute atomic E-state index is 12.8. The van der Waals surface area contributed by atoms with Gasteiger partial charge in [0.2, 0.25) is 0 Å². The maximum Gasteiger partial charge on any atom is 0.321 e. The van der Waals surface area contributed by atoms with Crippen LogP contribution >= 0.6 is 0 Å². The van der Waals surface area contributed by atoms with Crippen molar-refractivity contribution < 1.29 is 19.0 Å². The van der Waals surface area contributed by atoms with E-state index in [9.17, 15) is 4.79 Å². The van der Waals surface area contributed by atoms with E-state index < -0.39 is 0 Å². The molecule has 1 aromatic heterocycles. The molecule has 0 saturated carbocycles. The average molecular weight is 441 g/mol. The van der Waals surface area contributed by atoms with Gasteiger partial charge in [0.15, 0.2) is 11.5 Å². The zero-order chi connectivity index (χ0) is 21.9. The highest BCUT2D eigenvalue weighted by Gasteiger charge is 2.24. The van der Waals surface area contributed by atoms with Gasteiger partial charge in [-0.25, -0.2) is 14.8 Å². The van der Waals surface area contributed by atoms with Crippen LogP contribution in [0.25, 0.3) is 0 Å². The molecule has 10 nitrogen and oxygen atoms in total. The second-order valence-electron chi connectivity index (χ2n) is 7.99. The zero-order valence-electron chi connectivity index (χ0n) is 18.2. The predicted octanol–water partition coefficient (Wildman–Crippen LogP) is 1.75. The molecule has 0 bridgehead atoms. The number of anilines is 3. The van der Waals surface area contributed by atoms with Crippen LogP contribution in [0.5, 0.6) is 11.5 Å². The van der Waals surface area contributed by atoms with E-state index in [0.717, 1.165) is 43.8 Å². The summed E-state index contributed by atoms with van der Waals surface area (Å²) in [6.07, 6.45) is 0. The summed E-state index contributed by atoms with van der Waals surface area (Å²) in [5, 5.41) is 2.97. The number of aryl methyl sites for hydroxylation is 1. The van der Waals surface area contributed by atoms with Crippen molar-refractivity contribution >= 4 is 23.4 Å². The molecule has 2 amide bonds. The van der Waals surface area contributed by atoms with Gasteiger partial charge in [0, 0.05) is 57.1 Å². The molecule has 0 atom stereocenters. The van der Waals surface area contributed by atoms with Gasteiger partial charge in [0.05, 0.1) is 13.2 Å². The summed E-state index contributed by atoms with van der Waals surface area (Å²) in [7, 11) is 0. The molecule has 0 aliphatic carbocycles. The Balaban J connectivity index is 1.19. The minimum absolute atomic E-state index is 0.116. The van der Waals surface area contributed by atoms with Crippen molar-refractivity contribution in [2.24, 2.45) is 0 Å². The first-order chi connectivity index (χ1) is 15.7. The van der Waals surface area contributed by atoms with Crippen LogP contribution in [0, 0.1) is 6.92 Å². The molecule has 2 fully saturated rings. The SMILES string of the molecule is Cc1nc(N2CCOCC2)cc(N2CCN(C(=O)Nc3ccc4c(c3)OCCO4)CC2)n1. The number of carbonyl (C=O) groups is 1. The first kappa shape index (κ1) is 20.6. The van der Waals surface area contributed by atoms with Crippen LogP contribution in [0.2, 0.25) is 0 Å². The number of nitrogens with one attached hydrogen (secondary N) is 1. The number of hydrogen-bond acceptors (Lipinski definition) is 8. The van der Waals surface area contributed by atoms with Crippen molar-refractivity contribution in [3.63, 3.8) is 0 Å². The monoisotopic (exact) mass is 440 g/mol. The lowest BCUT2D eigenvalue weighted by Gasteiger charge is -2.36. The predicted molar refractivity (Wildman–Crippen MR) is 120 cm³/mol. The van der Waals surface area contributed by atoms with E-state index in [1.165, 1.54) is 0 Å². The van der Waals surface area contributed by atoms with Crippen molar-refractivity contribution in [3.05, 3.63) is 30.1 Å². The minimum atomic E-state index is -0.116. The second kappa shape index (κ2) is 9.07. The van der Waals surface area contributed by atoms with Crippen molar-refractivity contribution in [1.29, 1.82) is 0 Å². The molecule has 3 aliphatic heterocycles. The van der Waals surface area contributed by atoms with Crippen molar-refractivity contribution in [2.75, 3.05) is 80.8 Å². The third-order valence-corrected chi connectivity index (χ3v) is 5.83. The standard InChI is InChI=1S/C22H28N6O4/c1-16-23-20(15-21(24-16)27-8-10-30-11-9-27)26-4-6-28(7-5-26)22(29)25-17-2-3-18-19(14-17)32-13-12-31-18/h2-3,14-15H,4-13H2,1H3,(H,25,29). The smallest absolute Gasteiger partial charge is 0.321 e. The van der Waals surface area contributed by atoms with Crippen LogP contribution in [0.4, 0.5) is 22.1 Å². The third-order valence-electron chi connectivity index (χ3n) is 5.83. The summed E-state index contributed by atoms with van der Waals surface area (Å²) in [5.41, 5.74) is 0.697. The first-order valence-electron chi connectivity index (χ1n) is 11.0. The highest BCUT2D eigenvalue weighted by molar-refractivity contribution is 5.90. The summed E-state index contributed by atoms with van der Waals surface area (Å²) in [6.45, 7) is 8.76. The van der Waals surface area contributed by atoms with E-state index in [1.807, 2.05) is 30.0 Å². The molecule has 2 saturated heterocycles. The van der Waals surface area contributed by atoms with E-state index in [2.05, 4.69) is 25.1 Å². The number of benzene rings is 1. The summed E-state index contributed by atoms with van der Waals surface area (Å²) < 4.78 is 16.6. The number of rotatable bonds is 3. The van der Waals surface area contributed by atoms with Gasteiger partial charge in [-0.2, -0.15) is 0 Å². The van der Waals surface area contributed by atoms with Crippen molar-refractivity contribution in [3.8, 4) is 11.5 Å². The molecule has 0 spiro atoms. The van der Waals surface area contributed by atoms with Gasteiger partial charge in [-0.05, 0) is 19.1 Å².